The Morgan fingerprint density at radius 3 is 1.89 bits per heavy atom. The standard InChI is InChI=1S/C13H25N3O2S/c17-19(18,15-6-1-2-7-15)16-10-8-14(9-11-16)12-13-4-3-5-13/h13H,1-12H2. The zero-order valence-electron chi connectivity index (χ0n) is 11.6. The van der Waals surface area contributed by atoms with Crippen molar-refractivity contribution in [1.29, 1.82) is 0 Å². The first kappa shape index (κ1) is 13.8. The Morgan fingerprint density at radius 1 is 0.789 bits per heavy atom. The van der Waals surface area contributed by atoms with Crippen molar-refractivity contribution < 1.29 is 8.42 Å². The fourth-order valence-corrected chi connectivity index (χ4v) is 4.94. The van der Waals surface area contributed by atoms with Crippen LogP contribution in [-0.2, 0) is 10.2 Å². The Balaban J connectivity index is 1.51. The Morgan fingerprint density at radius 2 is 1.37 bits per heavy atom. The molecule has 3 fully saturated rings. The predicted molar refractivity (Wildman–Crippen MR) is 75.1 cm³/mol. The highest BCUT2D eigenvalue weighted by atomic mass is 32.2. The van der Waals surface area contributed by atoms with Gasteiger partial charge in [0.25, 0.3) is 10.2 Å². The minimum Gasteiger partial charge on any atom is -0.300 e. The van der Waals surface area contributed by atoms with Crippen LogP contribution < -0.4 is 0 Å². The molecule has 0 spiro atoms. The van der Waals surface area contributed by atoms with Gasteiger partial charge in [-0.1, -0.05) is 6.42 Å². The van der Waals surface area contributed by atoms with Crippen molar-refractivity contribution in [2.24, 2.45) is 5.92 Å². The highest BCUT2D eigenvalue weighted by molar-refractivity contribution is 7.86. The van der Waals surface area contributed by atoms with E-state index in [1.807, 2.05) is 0 Å². The van der Waals surface area contributed by atoms with Crippen LogP contribution in [0.5, 0.6) is 0 Å². The third kappa shape index (κ3) is 2.96. The number of hydrogen-bond acceptors (Lipinski definition) is 3. The van der Waals surface area contributed by atoms with Crippen molar-refractivity contribution in [2.45, 2.75) is 32.1 Å². The molecule has 110 valence electrons. The predicted octanol–water partition coefficient (Wildman–Crippen LogP) is 0.745. The van der Waals surface area contributed by atoms with E-state index in [9.17, 15) is 8.42 Å². The van der Waals surface area contributed by atoms with Crippen LogP contribution >= 0.6 is 0 Å². The van der Waals surface area contributed by atoms with Gasteiger partial charge in [0.05, 0.1) is 0 Å². The van der Waals surface area contributed by atoms with Crippen molar-refractivity contribution in [3.05, 3.63) is 0 Å². The summed E-state index contributed by atoms with van der Waals surface area (Å²) >= 11 is 0. The molecule has 3 aliphatic rings. The van der Waals surface area contributed by atoms with Crippen LogP contribution in [0.25, 0.3) is 0 Å². The SMILES string of the molecule is O=S(=O)(N1CCCC1)N1CCN(CC2CCC2)CC1. The van der Waals surface area contributed by atoms with Crippen molar-refractivity contribution in [2.75, 3.05) is 45.8 Å². The van der Waals surface area contributed by atoms with E-state index in [1.165, 1.54) is 25.8 Å². The van der Waals surface area contributed by atoms with Crippen molar-refractivity contribution in [1.82, 2.24) is 13.5 Å². The molecule has 0 aromatic heterocycles. The molecule has 1 aliphatic carbocycles. The molecule has 0 aromatic rings. The Kier molecular flexibility index (Phi) is 4.12. The minimum absolute atomic E-state index is 0.672. The molecule has 0 unspecified atom stereocenters. The maximum absolute atomic E-state index is 12.4. The average molecular weight is 287 g/mol. The maximum Gasteiger partial charge on any atom is 0.282 e. The lowest BCUT2D eigenvalue weighted by atomic mass is 9.85. The summed E-state index contributed by atoms with van der Waals surface area (Å²) in [6.45, 7) is 5.76. The largest absolute Gasteiger partial charge is 0.300 e. The van der Waals surface area contributed by atoms with Crippen LogP contribution in [-0.4, -0.2) is 67.7 Å². The molecule has 2 saturated heterocycles. The van der Waals surface area contributed by atoms with Crippen LogP contribution in [0.4, 0.5) is 0 Å². The molecule has 0 atom stereocenters. The second kappa shape index (κ2) is 5.68. The lowest BCUT2D eigenvalue weighted by Crippen LogP contribution is -2.53. The Bertz CT molecular complexity index is 394. The smallest absolute Gasteiger partial charge is 0.282 e. The van der Waals surface area contributed by atoms with Gasteiger partial charge >= 0.3 is 0 Å². The summed E-state index contributed by atoms with van der Waals surface area (Å²) in [5.74, 6) is 0.877. The van der Waals surface area contributed by atoms with E-state index in [4.69, 9.17) is 0 Å². The lowest BCUT2D eigenvalue weighted by molar-refractivity contribution is 0.133. The molecule has 19 heavy (non-hydrogen) atoms. The van der Waals surface area contributed by atoms with Crippen LogP contribution in [0.1, 0.15) is 32.1 Å². The van der Waals surface area contributed by atoms with Gasteiger partial charge in [0.1, 0.15) is 0 Å². The zero-order chi connectivity index (χ0) is 13.3. The monoisotopic (exact) mass is 287 g/mol. The van der Waals surface area contributed by atoms with Gasteiger partial charge in [0.2, 0.25) is 0 Å². The summed E-state index contributed by atoms with van der Waals surface area (Å²) < 4.78 is 28.2. The molecule has 5 nitrogen and oxygen atoms in total. The third-order valence-corrected chi connectivity index (χ3v) is 6.83. The summed E-state index contributed by atoms with van der Waals surface area (Å²) in [5, 5.41) is 0. The van der Waals surface area contributed by atoms with Gasteiger partial charge in [-0.15, -0.1) is 0 Å². The zero-order valence-corrected chi connectivity index (χ0v) is 12.4. The molecule has 0 aromatic carbocycles. The van der Waals surface area contributed by atoms with Crippen LogP contribution in [0.3, 0.4) is 0 Å². The lowest BCUT2D eigenvalue weighted by Gasteiger charge is -2.38. The second-order valence-electron chi connectivity index (χ2n) is 6.11. The van der Waals surface area contributed by atoms with E-state index in [1.54, 1.807) is 8.61 Å². The van der Waals surface area contributed by atoms with Gasteiger partial charge < -0.3 is 4.90 Å². The van der Waals surface area contributed by atoms with Gasteiger partial charge in [-0.05, 0) is 31.6 Å². The van der Waals surface area contributed by atoms with E-state index in [-0.39, 0.29) is 0 Å². The molecule has 6 heteroatoms. The Hall–Kier alpha value is -0.170. The molecule has 2 aliphatic heterocycles. The van der Waals surface area contributed by atoms with Crippen molar-refractivity contribution >= 4 is 10.2 Å². The summed E-state index contributed by atoms with van der Waals surface area (Å²) in [5.41, 5.74) is 0. The molecular formula is C13H25N3O2S. The van der Waals surface area contributed by atoms with E-state index < -0.39 is 10.2 Å². The molecule has 2 heterocycles. The maximum atomic E-state index is 12.4. The molecule has 0 radical (unpaired) electrons. The quantitative estimate of drug-likeness (QED) is 0.766. The van der Waals surface area contributed by atoms with Gasteiger partial charge in [0, 0.05) is 45.8 Å². The van der Waals surface area contributed by atoms with Crippen LogP contribution in [0, 0.1) is 5.92 Å². The Labute approximate surface area is 116 Å². The number of piperazine rings is 1. The van der Waals surface area contributed by atoms with Gasteiger partial charge in [-0.3, -0.25) is 0 Å². The van der Waals surface area contributed by atoms with Crippen LogP contribution in [0.15, 0.2) is 0 Å². The first-order chi connectivity index (χ1) is 9.16. The summed E-state index contributed by atoms with van der Waals surface area (Å²) in [4.78, 5) is 2.44. The van der Waals surface area contributed by atoms with Crippen molar-refractivity contribution in [3.63, 3.8) is 0 Å². The van der Waals surface area contributed by atoms with E-state index in [0.29, 0.717) is 26.2 Å². The molecule has 0 bridgehead atoms. The van der Waals surface area contributed by atoms with E-state index in [2.05, 4.69) is 4.90 Å². The third-order valence-electron chi connectivity index (χ3n) is 4.79. The molecular weight excluding hydrogens is 262 g/mol. The van der Waals surface area contributed by atoms with E-state index >= 15 is 0 Å². The molecule has 0 amide bonds. The van der Waals surface area contributed by atoms with Gasteiger partial charge in [-0.25, -0.2) is 0 Å². The number of rotatable bonds is 4. The van der Waals surface area contributed by atoms with Gasteiger partial charge in [-0.2, -0.15) is 17.0 Å². The van der Waals surface area contributed by atoms with Crippen molar-refractivity contribution in [3.8, 4) is 0 Å². The summed E-state index contributed by atoms with van der Waals surface area (Å²) in [6, 6.07) is 0. The molecule has 1 saturated carbocycles. The fourth-order valence-electron chi connectivity index (χ4n) is 3.27. The second-order valence-corrected chi connectivity index (χ2v) is 8.04. The first-order valence-corrected chi connectivity index (χ1v) is 9.03. The van der Waals surface area contributed by atoms with E-state index in [0.717, 1.165) is 31.8 Å². The molecule has 0 N–H and O–H groups in total. The average Bonchev–Trinajstić information content (AvgIpc) is 2.89. The fraction of sp³-hybridized carbons (Fsp3) is 1.00. The minimum atomic E-state index is -3.17. The molecule has 3 rings (SSSR count). The highest BCUT2D eigenvalue weighted by Gasteiger charge is 2.34. The summed E-state index contributed by atoms with van der Waals surface area (Å²) in [7, 11) is -3.17. The van der Waals surface area contributed by atoms with Crippen LogP contribution in [0.2, 0.25) is 0 Å². The van der Waals surface area contributed by atoms with Gasteiger partial charge in [0.15, 0.2) is 0 Å². The first-order valence-electron chi connectivity index (χ1n) is 7.64. The summed E-state index contributed by atoms with van der Waals surface area (Å²) in [6.07, 6.45) is 6.15. The topological polar surface area (TPSA) is 43.9 Å². The number of hydrogen-bond donors (Lipinski definition) is 0. The number of nitrogens with zero attached hydrogens (tertiary/aromatic N) is 3. The normalized spacial score (nSPS) is 28.6. The highest BCUT2D eigenvalue weighted by Crippen LogP contribution is 2.27.